The van der Waals surface area contributed by atoms with Crippen molar-refractivity contribution in [1.29, 1.82) is 0 Å². The van der Waals surface area contributed by atoms with Crippen molar-refractivity contribution in [3.63, 3.8) is 0 Å². The van der Waals surface area contributed by atoms with Gasteiger partial charge in [-0.1, -0.05) is 23.7 Å². The number of rotatable bonds is 6. The second-order valence-corrected chi connectivity index (χ2v) is 10.3. The molecule has 0 aromatic heterocycles. The van der Waals surface area contributed by atoms with Crippen molar-refractivity contribution in [3.8, 4) is 0 Å². The number of halogens is 1. The molecule has 3 aromatic rings. The van der Waals surface area contributed by atoms with Gasteiger partial charge in [0.2, 0.25) is 0 Å². The number of benzene rings is 3. The minimum atomic E-state index is -3.84. The van der Waals surface area contributed by atoms with Crippen LogP contribution >= 0.6 is 11.6 Å². The summed E-state index contributed by atoms with van der Waals surface area (Å²) in [6.07, 6.45) is 0. The van der Waals surface area contributed by atoms with Crippen LogP contribution in [0.3, 0.4) is 0 Å². The van der Waals surface area contributed by atoms with Crippen molar-refractivity contribution >= 4 is 43.0 Å². The van der Waals surface area contributed by atoms with Gasteiger partial charge in [0.1, 0.15) is 0 Å². The summed E-state index contributed by atoms with van der Waals surface area (Å²) in [7, 11) is -7.65. The molecule has 0 radical (unpaired) electrons. The second kappa shape index (κ2) is 8.06. The van der Waals surface area contributed by atoms with E-state index in [0.717, 1.165) is 11.1 Å². The van der Waals surface area contributed by atoms with Gasteiger partial charge in [0.05, 0.1) is 21.2 Å². The van der Waals surface area contributed by atoms with E-state index in [4.69, 9.17) is 11.6 Å². The van der Waals surface area contributed by atoms with Gasteiger partial charge in [-0.2, -0.15) is 0 Å². The highest BCUT2D eigenvalue weighted by atomic mass is 35.5. The van der Waals surface area contributed by atoms with Gasteiger partial charge < -0.3 is 0 Å². The first kappa shape index (κ1) is 21.2. The summed E-state index contributed by atoms with van der Waals surface area (Å²) in [6.45, 7) is 3.73. The van der Waals surface area contributed by atoms with Gasteiger partial charge in [0, 0.05) is 5.02 Å². The molecule has 0 spiro atoms. The molecule has 0 amide bonds. The Morgan fingerprint density at radius 1 is 0.655 bits per heavy atom. The molecule has 6 nitrogen and oxygen atoms in total. The molecule has 3 rings (SSSR count). The minimum Gasteiger partial charge on any atom is -0.280 e. The molecule has 0 fully saturated rings. The Morgan fingerprint density at radius 2 is 1.17 bits per heavy atom. The van der Waals surface area contributed by atoms with Gasteiger partial charge in [-0.25, -0.2) is 16.8 Å². The molecule has 0 saturated carbocycles. The Balaban J connectivity index is 1.84. The predicted octanol–water partition coefficient (Wildman–Crippen LogP) is 4.56. The summed E-state index contributed by atoms with van der Waals surface area (Å²) in [5.41, 5.74) is 2.31. The number of anilines is 2. The zero-order valence-electron chi connectivity index (χ0n) is 15.7. The first-order chi connectivity index (χ1) is 13.6. The highest BCUT2D eigenvalue weighted by Gasteiger charge is 2.17. The fraction of sp³-hybridized carbons (Fsp3) is 0.100. The van der Waals surface area contributed by atoms with Crippen LogP contribution in [0.5, 0.6) is 0 Å². The van der Waals surface area contributed by atoms with Crippen LogP contribution in [0.2, 0.25) is 5.02 Å². The third kappa shape index (κ3) is 5.09. The van der Waals surface area contributed by atoms with Crippen LogP contribution in [0.15, 0.2) is 76.5 Å². The van der Waals surface area contributed by atoms with Gasteiger partial charge in [0.25, 0.3) is 20.0 Å². The summed E-state index contributed by atoms with van der Waals surface area (Å²) >= 11 is 5.79. The summed E-state index contributed by atoms with van der Waals surface area (Å²) < 4.78 is 55.2. The molecule has 0 saturated heterocycles. The lowest BCUT2D eigenvalue weighted by Gasteiger charge is -2.12. The van der Waals surface area contributed by atoms with Gasteiger partial charge in [-0.15, -0.1) is 0 Å². The summed E-state index contributed by atoms with van der Waals surface area (Å²) in [4.78, 5) is 0.177. The highest BCUT2D eigenvalue weighted by Crippen LogP contribution is 2.23. The fourth-order valence-corrected chi connectivity index (χ4v) is 4.88. The third-order valence-electron chi connectivity index (χ3n) is 4.28. The van der Waals surface area contributed by atoms with Crippen molar-refractivity contribution < 1.29 is 16.8 Å². The molecule has 29 heavy (non-hydrogen) atoms. The average molecular weight is 451 g/mol. The molecule has 3 aromatic carbocycles. The second-order valence-electron chi connectivity index (χ2n) is 6.49. The van der Waals surface area contributed by atoms with Crippen molar-refractivity contribution in [2.24, 2.45) is 0 Å². The predicted molar refractivity (Wildman–Crippen MR) is 115 cm³/mol. The van der Waals surface area contributed by atoms with E-state index in [1.165, 1.54) is 42.5 Å². The van der Waals surface area contributed by atoms with Crippen LogP contribution in [-0.2, 0) is 20.0 Å². The molecule has 0 unspecified atom stereocenters. The van der Waals surface area contributed by atoms with E-state index in [0.29, 0.717) is 5.02 Å². The molecule has 2 N–H and O–H groups in total. The number of aryl methyl sites for hydroxylation is 2. The summed E-state index contributed by atoms with van der Waals surface area (Å²) in [5, 5.41) is 0.423. The first-order valence-corrected chi connectivity index (χ1v) is 11.9. The van der Waals surface area contributed by atoms with E-state index in [1.54, 1.807) is 24.3 Å². The SMILES string of the molecule is Cc1ccc(S(=O)(=O)Nc2cccc(NS(=O)(=O)c3ccc(Cl)cc3)c2)cc1C. The molecule has 0 aliphatic carbocycles. The highest BCUT2D eigenvalue weighted by molar-refractivity contribution is 7.93. The van der Waals surface area contributed by atoms with Crippen LogP contribution in [0.1, 0.15) is 11.1 Å². The smallest absolute Gasteiger partial charge is 0.261 e. The maximum Gasteiger partial charge on any atom is 0.261 e. The monoisotopic (exact) mass is 450 g/mol. The molecule has 0 atom stereocenters. The average Bonchev–Trinajstić information content (AvgIpc) is 2.64. The van der Waals surface area contributed by atoms with Gasteiger partial charge in [-0.3, -0.25) is 9.44 Å². The zero-order chi connectivity index (χ0) is 21.2. The molecule has 0 aliphatic rings. The van der Waals surface area contributed by atoms with Gasteiger partial charge in [-0.05, 0) is 79.6 Å². The van der Waals surface area contributed by atoms with Crippen molar-refractivity contribution in [3.05, 3.63) is 82.9 Å². The van der Waals surface area contributed by atoms with Crippen molar-refractivity contribution in [1.82, 2.24) is 0 Å². The quantitative estimate of drug-likeness (QED) is 0.575. The summed E-state index contributed by atoms with van der Waals surface area (Å²) in [6, 6.07) is 16.6. The Bertz CT molecular complexity index is 1260. The largest absolute Gasteiger partial charge is 0.280 e. The number of hydrogen-bond donors (Lipinski definition) is 2. The van der Waals surface area contributed by atoms with Crippen LogP contribution in [-0.4, -0.2) is 16.8 Å². The van der Waals surface area contributed by atoms with Crippen molar-refractivity contribution in [2.75, 3.05) is 9.44 Å². The molecule has 9 heteroatoms. The Labute approximate surface area is 175 Å². The Hall–Kier alpha value is -2.55. The molecule has 0 aliphatic heterocycles. The maximum atomic E-state index is 12.7. The molecule has 0 heterocycles. The molecule has 152 valence electrons. The normalized spacial score (nSPS) is 11.8. The summed E-state index contributed by atoms with van der Waals surface area (Å²) in [5.74, 6) is 0. The number of nitrogens with one attached hydrogen (secondary N) is 2. The van der Waals surface area contributed by atoms with Crippen LogP contribution in [0.25, 0.3) is 0 Å². The molecule has 0 bridgehead atoms. The number of sulfonamides is 2. The van der Waals surface area contributed by atoms with E-state index in [9.17, 15) is 16.8 Å². The van der Waals surface area contributed by atoms with Crippen LogP contribution < -0.4 is 9.44 Å². The van der Waals surface area contributed by atoms with E-state index in [1.807, 2.05) is 13.8 Å². The van der Waals surface area contributed by atoms with Crippen LogP contribution in [0.4, 0.5) is 11.4 Å². The maximum absolute atomic E-state index is 12.7. The van der Waals surface area contributed by atoms with E-state index in [-0.39, 0.29) is 21.2 Å². The van der Waals surface area contributed by atoms with E-state index < -0.39 is 20.0 Å². The molecular weight excluding hydrogens is 432 g/mol. The Kier molecular flexibility index (Phi) is 5.88. The number of hydrogen-bond acceptors (Lipinski definition) is 4. The minimum absolute atomic E-state index is 0.0445. The standard InChI is InChI=1S/C20H19ClN2O4S2/c1-14-6-9-20(12-15(14)2)29(26,27)23-18-5-3-4-17(13-18)22-28(24,25)19-10-7-16(21)8-11-19/h3-13,22-23H,1-2H3. The fourth-order valence-electron chi connectivity index (χ4n) is 2.57. The third-order valence-corrected chi connectivity index (χ3v) is 7.31. The molecular formula is C20H19ClN2O4S2. The first-order valence-electron chi connectivity index (χ1n) is 8.55. The van der Waals surface area contributed by atoms with Gasteiger partial charge >= 0.3 is 0 Å². The van der Waals surface area contributed by atoms with Gasteiger partial charge in [0.15, 0.2) is 0 Å². The lowest BCUT2D eigenvalue weighted by molar-refractivity contribution is 0.599. The lowest BCUT2D eigenvalue weighted by Crippen LogP contribution is -2.15. The van der Waals surface area contributed by atoms with E-state index in [2.05, 4.69) is 9.44 Å². The lowest BCUT2D eigenvalue weighted by atomic mass is 10.1. The topological polar surface area (TPSA) is 92.3 Å². The van der Waals surface area contributed by atoms with Crippen LogP contribution in [0, 0.1) is 13.8 Å². The Morgan fingerprint density at radius 3 is 1.72 bits per heavy atom. The van der Waals surface area contributed by atoms with Crippen molar-refractivity contribution in [2.45, 2.75) is 23.6 Å². The van der Waals surface area contributed by atoms with E-state index >= 15 is 0 Å². The zero-order valence-corrected chi connectivity index (χ0v) is 18.1.